The van der Waals surface area contributed by atoms with Crippen molar-refractivity contribution in [3.05, 3.63) is 28.3 Å². The molecular weight excluding hydrogens is 188 g/mol. The Morgan fingerprint density at radius 2 is 2.46 bits per heavy atom. The van der Waals surface area contributed by atoms with E-state index in [1.54, 1.807) is 11.6 Å². The maximum absolute atomic E-state index is 11.6. The van der Waals surface area contributed by atoms with Gasteiger partial charge in [0, 0.05) is 17.8 Å². The first-order valence-electron chi connectivity index (χ1n) is 3.52. The molecule has 2 rings (SSSR count). The van der Waals surface area contributed by atoms with E-state index in [1.165, 1.54) is 17.5 Å². The summed E-state index contributed by atoms with van der Waals surface area (Å²) in [6, 6.07) is 0. The van der Waals surface area contributed by atoms with Gasteiger partial charge in [0.2, 0.25) is 5.78 Å². The lowest BCUT2D eigenvalue weighted by atomic mass is 10.2. The normalized spacial score (nSPS) is 10.2. The Kier molecular flexibility index (Phi) is 1.82. The van der Waals surface area contributed by atoms with Gasteiger partial charge in [-0.3, -0.25) is 9.89 Å². The summed E-state index contributed by atoms with van der Waals surface area (Å²) in [5.41, 5.74) is 5.83. The second kappa shape index (κ2) is 2.98. The minimum atomic E-state index is -0.193. The summed E-state index contributed by atoms with van der Waals surface area (Å²) in [6.07, 6.45) is 3.05. The van der Waals surface area contributed by atoms with Crippen molar-refractivity contribution in [2.45, 2.75) is 0 Å². The number of hydrogen-bond donors (Lipinski definition) is 2. The molecule has 6 heteroatoms. The van der Waals surface area contributed by atoms with E-state index in [4.69, 9.17) is 5.73 Å². The minimum absolute atomic E-state index is 0.193. The lowest BCUT2D eigenvalue weighted by Crippen LogP contribution is -2.02. The first-order chi connectivity index (χ1) is 6.29. The molecule has 0 saturated heterocycles. The highest BCUT2D eigenvalue weighted by Crippen LogP contribution is 2.14. The number of nitrogen functional groups attached to an aromatic ring is 1. The van der Waals surface area contributed by atoms with E-state index in [-0.39, 0.29) is 11.6 Å². The number of nitrogens with zero attached hydrogens (tertiary/aromatic N) is 2. The molecule has 3 N–H and O–H groups in total. The van der Waals surface area contributed by atoms with Crippen LogP contribution >= 0.6 is 11.3 Å². The fraction of sp³-hybridized carbons (Fsp3) is 0. The van der Waals surface area contributed by atoms with Gasteiger partial charge in [0.25, 0.3) is 0 Å². The molecule has 0 aliphatic heterocycles. The van der Waals surface area contributed by atoms with Crippen LogP contribution in [-0.2, 0) is 0 Å². The molecule has 66 valence electrons. The molecule has 0 bridgehead atoms. The summed E-state index contributed by atoms with van der Waals surface area (Å²) in [6.45, 7) is 0. The lowest BCUT2D eigenvalue weighted by molar-refractivity contribution is 0.103. The molecule has 0 atom stereocenters. The highest BCUT2D eigenvalue weighted by atomic mass is 32.1. The van der Waals surface area contributed by atoms with Crippen molar-refractivity contribution in [2.24, 2.45) is 0 Å². The first kappa shape index (κ1) is 7.93. The summed E-state index contributed by atoms with van der Waals surface area (Å²) in [7, 11) is 0. The van der Waals surface area contributed by atoms with Crippen molar-refractivity contribution in [1.82, 2.24) is 15.2 Å². The van der Waals surface area contributed by atoms with Gasteiger partial charge in [-0.15, -0.1) is 11.3 Å². The third-order valence-electron chi connectivity index (χ3n) is 1.54. The molecule has 5 nitrogen and oxygen atoms in total. The van der Waals surface area contributed by atoms with Crippen LogP contribution < -0.4 is 5.73 Å². The van der Waals surface area contributed by atoms with Crippen LogP contribution in [0, 0.1) is 0 Å². The summed E-state index contributed by atoms with van der Waals surface area (Å²) < 4.78 is 0. The van der Waals surface area contributed by atoms with E-state index in [0.29, 0.717) is 10.6 Å². The van der Waals surface area contributed by atoms with E-state index >= 15 is 0 Å². The number of H-pyrrole nitrogens is 1. The predicted octanol–water partition coefficient (Wildman–Crippen LogP) is 0.679. The number of hydrogen-bond acceptors (Lipinski definition) is 5. The van der Waals surface area contributed by atoms with Crippen LogP contribution in [-0.4, -0.2) is 21.0 Å². The van der Waals surface area contributed by atoms with Gasteiger partial charge in [-0.05, 0) is 0 Å². The van der Waals surface area contributed by atoms with Gasteiger partial charge in [0.15, 0.2) is 10.8 Å². The van der Waals surface area contributed by atoms with Gasteiger partial charge in [-0.1, -0.05) is 0 Å². The Morgan fingerprint density at radius 3 is 3.00 bits per heavy atom. The largest absolute Gasteiger partial charge is 0.382 e. The van der Waals surface area contributed by atoms with Crippen LogP contribution in [0.4, 0.5) is 5.82 Å². The Hall–Kier alpha value is -1.69. The number of nitrogens with one attached hydrogen (secondary N) is 1. The number of aromatic nitrogens is 3. The molecular formula is C7H6N4OS. The second-order valence-electron chi connectivity index (χ2n) is 2.35. The Balaban J connectivity index is 2.39. The summed E-state index contributed by atoms with van der Waals surface area (Å²) in [4.78, 5) is 15.5. The van der Waals surface area contributed by atoms with Crippen LogP contribution in [0.2, 0.25) is 0 Å². The maximum Gasteiger partial charge on any atom is 0.226 e. The number of carbonyl (C=O) groups excluding carboxylic acids is 1. The number of nitrogens with two attached hydrogens (primary N) is 1. The standard InChI is InChI=1S/C7H6N4OS/c8-6-4(3-10-11-6)5(12)7-9-1-2-13-7/h1-3H,(H3,8,10,11). The molecule has 0 amide bonds. The van der Waals surface area contributed by atoms with Crippen LogP contribution in [0.15, 0.2) is 17.8 Å². The van der Waals surface area contributed by atoms with Gasteiger partial charge in [0.1, 0.15) is 0 Å². The van der Waals surface area contributed by atoms with Crippen molar-refractivity contribution in [3.8, 4) is 0 Å². The zero-order chi connectivity index (χ0) is 9.26. The van der Waals surface area contributed by atoms with Gasteiger partial charge in [-0.2, -0.15) is 5.10 Å². The van der Waals surface area contributed by atoms with Crippen molar-refractivity contribution >= 4 is 22.9 Å². The molecule has 2 aromatic heterocycles. The highest BCUT2D eigenvalue weighted by molar-refractivity contribution is 7.11. The highest BCUT2D eigenvalue weighted by Gasteiger charge is 2.15. The summed E-state index contributed by atoms with van der Waals surface area (Å²) >= 11 is 1.28. The Bertz CT molecular complexity index is 419. The molecule has 0 fully saturated rings. The number of anilines is 1. The topological polar surface area (TPSA) is 84.7 Å². The Morgan fingerprint density at radius 1 is 1.62 bits per heavy atom. The van der Waals surface area contributed by atoms with Gasteiger partial charge < -0.3 is 5.73 Å². The number of aromatic amines is 1. The minimum Gasteiger partial charge on any atom is -0.382 e. The van der Waals surface area contributed by atoms with Gasteiger partial charge in [-0.25, -0.2) is 4.98 Å². The molecule has 0 radical (unpaired) electrons. The van der Waals surface area contributed by atoms with Crippen molar-refractivity contribution in [3.63, 3.8) is 0 Å². The molecule has 0 aliphatic rings. The summed E-state index contributed by atoms with van der Waals surface area (Å²) in [5, 5.41) is 8.34. The van der Waals surface area contributed by atoms with E-state index in [9.17, 15) is 4.79 Å². The van der Waals surface area contributed by atoms with Crippen molar-refractivity contribution < 1.29 is 4.79 Å². The zero-order valence-corrected chi connectivity index (χ0v) is 7.34. The Labute approximate surface area is 77.6 Å². The van der Waals surface area contributed by atoms with Crippen molar-refractivity contribution in [2.75, 3.05) is 5.73 Å². The van der Waals surface area contributed by atoms with Gasteiger partial charge >= 0.3 is 0 Å². The number of carbonyl (C=O) groups is 1. The summed E-state index contributed by atoms with van der Waals surface area (Å²) in [5.74, 6) is 0.0152. The quantitative estimate of drug-likeness (QED) is 0.688. The molecule has 0 saturated carbocycles. The third-order valence-corrected chi connectivity index (χ3v) is 2.31. The molecule has 0 aliphatic carbocycles. The third kappa shape index (κ3) is 1.31. The first-order valence-corrected chi connectivity index (χ1v) is 4.40. The smallest absolute Gasteiger partial charge is 0.226 e. The molecule has 0 spiro atoms. The molecule has 2 heterocycles. The zero-order valence-electron chi connectivity index (χ0n) is 6.52. The van der Waals surface area contributed by atoms with E-state index in [0.717, 1.165) is 0 Å². The number of rotatable bonds is 2. The maximum atomic E-state index is 11.6. The lowest BCUT2D eigenvalue weighted by Gasteiger charge is -1.91. The van der Waals surface area contributed by atoms with Crippen LogP contribution in [0.1, 0.15) is 15.4 Å². The van der Waals surface area contributed by atoms with Crippen LogP contribution in [0.5, 0.6) is 0 Å². The average molecular weight is 194 g/mol. The van der Waals surface area contributed by atoms with E-state index < -0.39 is 0 Å². The predicted molar refractivity (Wildman–Crippen MR) is 48.5 cm³/mol. The van der Waals surface area contributed by atoms with Crippen molar-refractivity contribution in [1.29, 1.82) is 0 Å². The van der Waals surface area contributed by atoms with Crippen LogP contribution in [0.3, 0.4) is 0 Å². The van der Waals surface area contributed by atoms with Crippen LogP contribution in [0.25, 0.3) is 0 Å². The average Bonchev–Trinajstić information content (AvgIpc) is 2.72. The molecule has 0 aromatic carbocycles. The van der Waals surface area contributed by atoms with Gasteiger partial charge in [0.05, 0.1) is 5.56 Å². The fourth-order valence-corrected chi connectivity index (χ4v) is 1.52. The molecule has 2 aromatic rings. The number of thiazole rings is 1. The van der Waals surface area contributed by atoms with E-state index in [1.807, 2.05) is 0 Å². The fourth-order valence-electron chi connectivity index (χ4n) is 0.933. The molecule has 13 heavy (non-hydrogen) atoms. The number of ketones is 1. The SMILES string of the molecule is Nc1n[nH]cc1C(=O)c1nccs1. The molecule has 0 unspecified atom stereocenters. The monoisotopic (exact) mass is 194 g/mol. The second-order valence-corrected chi connectivity index (χ2v) is 3.25. The van der Waals surface area contributed by atoms with E-state index in [2.05, 4.69) is 15.2 Å².